The quantitative estimate of drug-likeness (QED) is 0.795. The zero-order valence-corrected chi connectivity index (χ0v) is 12.1. The Morgan fingerprint density at radius 3 is 2.42 bits per heavy atom. The SMILES string of the molecule is COc1ccc(C(NCC(C)(C)CO)C2CC2)cc1. The van der Waals surface area contributed by atoms with Gasteiger partial charge in [0.1, 0.15) is 5.75 Å². The second kappa shape index (κ2) is 5.93. The molecular weight excluding hydrogens is 238 g/mol. The molecule has 0 amide bonds. The van der Waals surface area contributed by atoms with Gasteiger partial charge in [0.25, 0.3) is 0 Å². The lowest BCUT2D eigenvalue weighted by Crippen LogP contribution is -2.35. The Morgan fingerprint density at radius 2 is 1.95 bits per heavy atom. The Bertz CT molecular complexity index is 396. The Labute approximate surface area is 116 Å². The maximum absolute atomic E-state index is 9.34. The maximum atomic E-state index is 9.34. The topological polar surface area (TPSA) is 41.5 Å². The summed E-state index contributed by atoms with van der Waals surface area (Å²) in [6.07, 6.45) is 2.59. The molecule has 0 aliphatic heterocycles. The summed E-state index contributed by atoms with van der Waals surface area (Å²) in [6, 6.07) is 8.71. The van der Waals surface area contributed by atoms with Crippen LogP contribution in [0.25, 0.3) is 0 Å². The van der Waals surface area contributed by atoms with Crippen molar-refractivity contribution < 1.29 is 9.84 Å². The molecule has 19 heavy (non-hydrogen) atoms. The average molecular weight is 263 g/mol. The van der Waals surface area contributed by atoms with Crippen LogP contribution in [0.2, 0.25) is 0 Å². The summed E-state index contributed by atoms with van der Waals surface area (Å²) in [5, 5.41) is 13.0. The van der Waals surface area contributed by atoms with Gasteiger partial charge in [-0.1, -0.05) is 26.0 Å². The summed E-state index contributed by atoms with van der Waals surface area (Å²) in [5.74, 6) is 1.64. The van der Waals surface area contributed by atoms with Crippen LogP contribution in [0.1, 0.15) is 38.3 Å². The van der Waals surface area contributed by atoms with E-state index in [1.165, 1.54) is 18.4 Å². The van der Waals surface area contributed by atoms with Crippen molar-refractivity contribution in [1.82, 2.24) is 5.32 Å². The van der Waals surface area contributed by atoms with E-state index in [2.05, 4.69) is 31.3 Å². The van der Waals surface area contributed by atoms with Gasteiger partial charge in [-0.25, -0.2) is 0 Å². The molecule has 1 aromatic rings. The van der Waals surface area contributed by atoms with Gasteiger partial charge in [-0.3, -0.25) is 0 Å². The molecule has 1 unspecified atom stereocenters. The maximum Gasteiger partial charge on any atom is 0.118 e. The third-order valence-electron chi connectivity index (χ3n) is 3.80. The number of hydrogen-bond donors (Lipinski definition) is 2. The van der Waals surface area contributed by atoms with Gasteiger partial charge in [-0.2, -0.15) is 0 Å². The van der Waals surface area contributed by atoms with Crippen LogP contribution in [-0.4, -0.2) is 25.4 Å². The van der Waals surface area contributed by atoms with Gasteiger partial charge < -0.3 is 15.2 Å². The zero-order chi connectivity index (χ0) is 13.9. The van der Waals surface area contributed by atoms with Crippen molar-refractivity contribution in [3.8, 4) is 5.75 Å². The van der Waals surface area contributed by atoms with Crippen molar-refractivity contribution in [2.75, 3.05) is 20.3 Å². The summed E-state index contributed by atoms with van der Waals surface area (Å²) >= 11 is 0. The third-order valence-corrected chi connectivity index (χ3v) is 3.80. The van der Waals surface area contributed by atoms with Crippen molar-refractivity contribution in [3.05, 3.63) is 29.8 Å². The van der Waals surface area contributed by atoms with Crippen LogP contribution in [0, 0.1) is 11.3 Å². The van der Waals surface area contributed by atoms with E-state index in [1.807, 2.05) is 12.1 Å². The highest BCUT2D eigenvalue weighted by Crippen LogP contribution is 2.41. The van der Waals surface area contributed by atoms with Crippen LogP contribution in [0.5, 0.6) is 5.75 Å². The van der Waals surface area contributed by atoms with E-state index >= 15 is 0 Å². The van der Waals surface area contributed by atoms with Crippen molar-refractivity contribution in [2.24, 2.45) is 11.3 Å². The lowest BCUT2D eigenvalue weighted by molar-refractivity contribution is 0.151. The van der Waals surface area contributed by atoms with Gasteiger partial charge in [0, 0.05) is 24.6 Å². The smallest absolute Gasteiger partial charge is 0.118 e. The first-order chi connectivity index (χ1) is 9.05. The van der Waals surface area contributed by atoms with E-state index < -0.39 is 0 Å². The van der Waals surface area contributed by atoms with Crippen LogP contribution < -0.4 is 10.1 Å². The fraction of sp³-hybridized carbons (Fsp3) is 0.625. The summed E-state index contributed by atoms with van der Waals surface area (Å²) < 4.78 is 5.20. The lowest BCUT2D eigenvalue weighted by atomic mass is 9.93. The van der Waals surface area contributed by atoms with E-state index in [4.69, 9.17) is 4.74 Å². The number of aliphatic hydroxyl groups is 1. The molecule has 0 aromatic heterocycles. The van der Waals surface area contributed by atoms with E-state index in [0.717, 1.165) is 18.2 Å². The third kappa shape index (κ3) is 3.95. The van der Waals surface area contributed by atoms with E-state index in [-0.39, 0.29) is 12.0 Å². The van der Waals surface area contributed by atoms with Crippen LogP contribution in [0.3, 0.4) is 0 Å². The first-order valence-corrected chi connectivity index (χ1v) is 7.04. The fourth-order valence-corrected chi connectivity index (χ4v) is 2.24. The minimum atomic E-state index is -0.0698. The molecule has 0 radical (unpaired) electrons. The second-order valence-corrected chi connectivity index (χ2v) is 6.29. The van der Waals surface area contributed by atoms with Crippen LogP contribution in [0.4, 0.5) is 0 Å². The molecule has 0 bridgehead atoms. The molecule has 2 N–H and O–H groups in total. The van der Waals surface area contributed by atoms with Crippen molar-refractivity contribution in [2.45, 2.75) is 32.7 Å². The molecule has 1 saturated carbocycles. The minimum absolute atomic E-state index is 0.0698. The summed E-state index contributed by atoms with van der Waals surface area (Å²) in [5.41, 5.74) is 1.25. The van der Waals surface area contributed by atoms with E-state index in [1.54, 1.807) is 7.11 Å². The first kappa shape index (κ1) is 14.4. The molecule has 0 spiro atoms. The molecule has 2 rings (SSSR count). The van der Waals surface area contributed by atoms with Gasteiger partial charge in [0.2, 0.25) is 0 Å². The number of hydrogen-bond acceptors (Lipinski definition) is 3. The van der Waals surface area contributed by atoms with E-state index in [9.17, 15) is 5.11 Å². The Balaban J connectivity index is 2.03. The molecule has 3 nitrogen and oxygen atoms in total. The molecule has 1 atom stereocenters. The molecular formula is C16H25NO2. The lowest BCUT2D eigenvalue weighted by Gasteiger charge is -2.27. The number of methoxy groups -OCH3 is 1. The van der Waals surface area contributed by atoms with Crippen molar-refractivity contribution in [3.63, 3.8) is 0 Å². The molecule has 1 fully saturated rings. The molecule has 0 saturated heterocycles. The number of aliphatic hydroxyl groups excluding tert-OH is 1. The Kier molecular flexibility index (Phi) is 4.48. The van der Waals surface area contributed by atoms with Crippen molar-refractivity contribution in [1.29, 1.82) is 0 Å². The summed E-state index contributed by atoms with van der Waals surface area (Å²) in [6.45, 7) is 5.20. The molecule has 1 aromatic carbocycles. The number of ether oxygens (including phenoxy) is 1. The number of benzene rings is 1. The van der Waals surface area contributed by atoms with Crippen LogP contribution in [0.15, 0.2) is 24.3 Å². The van der Waals surface area contributed by atoms with Gasteiger partial charge in [-0.15, -0.1) is 0 Å². The predicted octanol–water partition coefficient (Wildman–Crippen LogP) is 2.75. The van der Waals surface area contributed by atoms with Crippen LogP contribution in [-0.2, 0) is 0 Å². The van der Waals surface area contributed by atoms with Gasteiger partial charge in [0.05, 0.1) is 7.11 Å². The number of rotatable bonds is 7. The fourth-order valence-electron chi connectivity index (χ4n) is 2.24. The predicted molar refractivity (Wildman–Crippen MR) is 77.3 cm³/mol. The molecule has 1 aliphatic rings. The van der Waals surface area contributed by atoms with Crippen LogP contribution >= 0.6 is 0 Å². The average Bonchev–Trinajstić information content (AvgIpc) is 3.24. The monoisotopic (exact) mass is 263 g/mol. The molecule has 0 heterocycles. The zero-order valence-electron chi connectivity index (χ0n) is 12.1. The highest BCUT2D eigenvalue weighted by molar-refractivity contribution is 5.30. The normalized spacial score (nSPS) is 17.3. The molecule has 1 aliphatic carbocycles. The van der Waals surface area contributed by atoms with Crippen molar-refractivity contribution >= 4 is 0 Å². The van der Waals surface area contributed by atoms with Gasteiger partial charge in [0.15, 0.2) is 0 Å². The summed E-state index contributed by atoms with van der Waals surface area (Å²) in [4.78, 5) is 0. The standard InChI is InChI=1S/C16H25NO2/c1-16(2,11-18)10-17-15(12-4-5-12)13-6-8-14(19-3)9-7-13/h6-9,12,15,17-18H,4-5,10-11H2,1-3H3. The molecule has 3 heteroatoms. The highest BCUT2D eigenvalue weighted by atomic mass is 16.5. The first-order valence-electron chi connectivity index (χ1n) is 7.04. The Hall–Kier alpha value is -1.06. The van der Waals surface area contributed by atoms with Gasteiger partial charge >= 0.3 is 0 Å². The van der Waals surface area contributed by atoms with E-state index in [0.29, 0.717) is 6.04 Å². The highest BCUT2D eigenvalue weighted by Gasteiger charge is 2.33. The number of nitrogens with one attached hydrogen (secondary N) is 1. The minimum Gasteiger partial charge on any atom is -0.497 e. The summed E-state index contributed by atoms with van der Waals surface area (Å²) in [7, 11) is 1.69. The Morgan fingerprint density at radius 1 is 1.32 bits per heavy atom. The largest absolute Gasteiger partial charge is 0.497 e. The second-order valence-electron chi connectivity index (χ2n) is 6.29. The van der Waals surface area contributed by atoms with Gasteiger partial charge in [-0.05, 0) is 36.5 Å². The molecule has 106 valence electrons.